The Kier molecular flexibility index (Phi) is 7.01. The molecule has 16 heavy (non-hydrogen) atoms. The van der Waals surface area contributed by atoms with Gasteiger partial charge < -0.3 is 14.0 Å². The van der Waals surface area contributed by atoms with Gasteiger partial charge in [0, 0.05) is 19.8 Å². The topological polar surface area (TPSA) is 78.9 Å². The second kappa shape index (κ2) is 7.41. The molecular formula is C9H17O6P. The third kappa shape index (κ3) is 8.44. The highest BCUT2D eigenvalue weighted by atomic mass is 31.2. The highest BCUT2D eigenvalue weighted by Gasteiger charge is 2.17. The molecule has 0 spiro atoms. The van der Waals surface area contributed by atoms with Crippen molar-refractivity contribution in [2.75, 3.05) is 26.2 Å². The fraction of sp³-hybridized carbons (Fsp3) is 0.778. The van der Waals surface area contributed by atoms with Crippen molar-refractivity contribution in [3.63, 3.8) is 0 Å². The van der Waals surface area contributed by atoms with Crippen LogP contribution in [0.15, 0.2) is 0 Å². The maximum atomic E-state index is 11.6. The molecule has 1 atom stereocenters. The normalized spacial score (nSPS) is 13.9. The summed E-state index contributed by atoms with van der Waals surface area (Å²) < 4.78 is 25.5. The largest absolute Gasteiger partial charge is 0.428 e. The van der Waals surface area contributed by atoms with Crippen molar-refractivity contribution in [1.82, 2.24) is 0 Å². The van der Waals surface area contributed by atoms with Crippen LogP contribution in [0.4, 0.5) is 0 Å². The lowest BCUT2D eigenvalue weighted by Gasteiger charge is -2.11. The molecule has 94 valence electrons. The second-order valence-electron chi connectivity index (χ2n) is 3.18. The van der Waals surface area contributed by atoms with Crippen LogP contribution in [0.3, 0.4) is 0 Å². The number of carbonyl (C=O) groups excluding carboxylic acids is 2. The van der Waals surface area contributed by atoms with Crippen LogP contribution < -0.4 is 0 Å². The quantitative estimate of drug-likeness (QED) is 0.387. The summed E-state index contributed by atoms with van der Waals surface area (Å²) in [7, 11) is -2.71. The third-order valence-electron chi connectivity index (χ3n) is 1.61. The number of ether oxygens (including phenoxy) is 2. The molecule has 1 unspecified atom stereocenters. The van der Waals surface area contributed by atoms with Gasteiger partial charge in [0.1, 0.15) is 0 Å². The summed E-state index contributed by atoms with van der Waals surface area (Å²) in [6, 6.07) is 0. The first-order chi connectivity index (χ1) is 7.37. The zero-order valence-electron chi connectivity index (χ0n) is 9.73. The zero-order valence-corrected chi connectivity index (χ0v) is 10.6. The summed E-state index contributed by atoms with van der Waals surface area (Å²) in [5, 5.41) is 0. The molecular weight excluding hydrogens is 235 g/mol. The van der Waals surface area contributed by atoms with E-state index in [2.05, 4.69) is 9.47 Å². The summed E-state index contributed by atoms with van der Waals surface area (Å²) in [5.74, 6) is -1.09. The number of esters is 2. The first-order valence-corrected chi connectivity index (χ1v) is 7.13. The summed E-state index contributed by atoms with van der Waals surface area (Å²) in [6.45, 7) is 4.35. The van der Waals surface area contributed by atoms with Gasteiger partial charge in [0.2, 0.25) is 14.2 Å². The molecule has 0 aromatic carbocycles. The Hall–Kier alpha value is -0.870. The standard InChI is InChI=1S/C9H17O6P/c1-4-15-16(3,12)6-5-9(11)14-7-13-8(2)10/h4-7H2,1-3H3. The highest BCUT2D eigenvalue weighted by Crippen LogP contribution is 2.42. The Bertz CT molecular complexity index is 288. The van der Waals surface area contributed by atoms with E-state index in [0.29, 0.717) is 6.61 Å². The molecule has 0 saturated heterocycles. The van der Waals surface area contributed by atoms with Gasteiger partial charge in [-0.1, -0.05) is 0 Å². The van der Waals surface area contributed by atoms with Crippen LogP contribution >= 0.6 is 7.37 Å². The van der Waals surface area contributed by atoms with E-state index in [4.69, 9.17) is 4.52 Å². The van der Waals surface area contributed by atoms with Crippen LogP contribution in [0, 0.1) is 0 Å². The van der Waals surface area contributed by atoms with Gasteiger partial charge in [-0.3, -0.25) is 14.2 Å². The lowest BCUT2D eigenvalue weighted by molar-refractivity contribution is -0.165. The molecule has 0 aromatic heterocycles. The maximum absolute atomic E-state index is 11.6. The van der Waals surface area contributed by atoms with Crippen LogP contribution in [0.5, 0.6) is 0 Å². The summed E-state index contributed by atoms with van der Waals surface area (Å²) in [5.41, 5.74) is 0. The van der Waals surface area contributed by atoms with Crippen molar-refractivity contribution in [2.24, 2.45) is 0 Å². The molecule has 0 bridgehead atoms. The number of hydrogen-bond donors (Lipinski definition) is 0. The van der Waals surface area contributed by atoms with E-state index in [1.165, 1.54) is 13.6 Å². The molecule has 0 amide bonds. The van der Waals surface area contributed by atoms with Gasteiger partial charge >= 0.3 is 11.9 Å². The smallest absolute Gasteiger partial charge is 0.309 e. The van der Waals surface area contributed by atoms with Crippen molar-refractivity contribution in [3.05, 3.63) is 0 Å². The fourth-order valence-electron chi connectivity index (χ4n) is 0.882. The van der Waals surface area contributed by atoms with E-state index in [1.807, 2.05) is 0 Å². The lowest BCUT2D eigenvalue weighted by atomic mass is 10.5. The van der Waals surface area contributed by atoms with Gasteiger partial charge in [-0.25, -0.2) is 0 Å². The summed E-state index contributed by atoms with van der Waals surface area (Å²) >= 11 is 0. The Labute approximate surface area is 94.7 Å². The Morgan fingerprint density at radius 2 is 1.88 bits per heavy atom. The molecule has 0 radical (unpaired) electrons. The van der Waals surface area contributed by atoms with Gasteiger partial charge in [-0.2, -0.15) is 0 Å². The van der Waals surface area contributed by atoms with E-state index < -0.39 is 26.1 Å². The minimum atomic E-state index is -2.71. The van der Waals surface area contributed by atoms with Crippen molar-refractivity contribution in [1.29, 1.82) is 0 Å². The molecule has 0 rings (SSSR count). The molecule has 0 aliphatic carbocycles. The minimum Gasteiger partial charge on any atom is -0.428 e. The Morgan fingerprint density at radius 1 is 1.25 bits per heavy atom. The first-order valence-electron chi connectivity index (χ1n) is 4.87. The third-order valence-corrected chi connectivity index (χ3v) is 3.45. The molecule has 0 aromatic rings. The van der Waals surface area contributed by atoms with E-state index >= 15 is 0 Å². The van der Waals surface area contributed by atoms with Crippen LogP contribution in [0.2, 0.25) is 0 Å². The van der Waals surface area contributed by atoms with Crippen LogP contribution in [-0.2, 0) is 28.2 Å². The van der Waals surface area contributed by atoms with Crippen LogP contribution in [0.25, 0.3) is 0 Å². The maximum Gasteiger partial charge on any atom is 0.309 e. The molecule has 0 heterocycles. The van der Waals surface area contributed by atoms with Crippen molar-refractivity contribution in [2.45, 2.75) is 20.3 Å². The van der Waals surface area contributed by atoms with Gasteiger partial charge in [-0.05, 0) is 6.92 Å². The average Bonchev–Trinajstić information content (AvgIpc) is 2.14. The predicted molar refractivity (Wildman–Crippen MR) is 57.4 cm³/mol. The zero-order chi connectivity index (χ0) is 12.6. The molecule has 0 saturated carbocycles. The number of hydrogen-bond acceptors (Lipinski definition) is 6. The molecule has 6 nitrogen and oxygen atoms in total. The van der Waals surface area contributed by atoms with Crippen molar-refractivity contribution >= 4 is 19.3 Å². The molecule has 0 N–H and O–H groups in total. The van der Waals surface area contributed by atoms with Gasteiger partial charge in [0.25, 0.3) is 0 Å². The number of rotatable bonds is 7. The van der Waals surface area contributed by atoms with Crippen molar-refractivity contribution < 1.29 is 28.2 Å². The van der Waals surface area contributed by atoms with E-state index in [-0.39, 0.29) is 12.6 Å². The summed E-state index contributed by atoms with van der Waals surface area (Å²) in [6.07, 6.45) is 0.106. The molecule has 0 aliphatic rings. The predicted octanol–water partition coefficient (Wildman–Crippen LogP) is 1.38. The van der Waals surface area contributed by atoms with Gasteiger partial charge in [0.15, 0.2) is 0 Å². The SMILES string of the molecule is CCOP(C)(=O)CCC(=O)OCOC(C)=O. The van der Waals surface area contributed by atoms with Gasteiger partial charge in [-0.15, -0.1) is 0 Å². The first kappa shape index (κ1) is 15.1. The molecule has 0 fully saturated rings. The van der Waals surface area contributed by atoms with E-state index in [1.54, 1.807) is 6.92 Å². The average molecular weight is 252 g/mol. The van der Waals surface area contributed by atoms with E-state index in [9.17, 15) is 14.2 Å². The number of carbonyl (C=O) groups is 2. The Balaban J connectivity index is 3.73. The second-order valence-corrected chi connectivity index (χ2v) is 5.91. The van der Waals surface area contributed by atoms with E-state index in [0.717, 1.165) is 0 Å². The van der Waals surface area contributed by atoms with Crippen LogP contribution in [-0.4, -0.2) is 38.2 Å². The highest BCUT2D eigenvalue weighted by molar-refractivity contribution is 7.58. The monoisotopic (exact) mass is 252 g/mol. The minimum absolute atomic E-state index is 0.0188. The lowest BCUT2D eigenvalue weighted by Crippen LogP contribution is -2.12. The molecule has 0 aliphatic heterocycles. The van der Waals surface area contributed by atoms with Gasteiger partial charge in [0.05, 0.1) is 13.0 Å². The van der Waals surface area contributed by atoms with Crippen LogP contribution in [0.1, 0.15) is 20.3 Å². The fourth-order valence-corrected chi connectivity index (χ4v) is 2.15. The summed E-state index contributed by atoms with van der Waals surface area (Å²) in [4.78, 5) is 21.4. The molecule has 7 heteroatoms. The van der Waals surface area contributed by atoms with Crippen molar-refractivity contribution in [3.8, 4) is 0 Å². The Morgan fingerprint density at radius 3 is 2.38 bits per heavy atom.